The Kier molecular flexibility index (Phi) is 7.17. The van der Waals surface area contributed by atoms with Crippen molar-refractivity contribution in [3.63, 3.8) is 0 Å². The predicted molar refractivity (Wildman–Crippen MR) is 231 cm³/mol. The van der Waals surface area contributed by atoms with Crippen LogP contribution in [0.25, 0.3) is 82.5 Å². The van der Waals surface area contributed by atoms with Crippen LogP contribution in [0.3, 0.4) is 0 Å². The number of benzene rings is 9. The van der Waals surface area contributed by atoms with Crippen molar-refractivity contribution in [3.05, 3.63) is 206 Å². The van der Waals surface area contributed by atoms with E-state index in [2.05, 4.69) is 204 Å². The van der Waals surface area contributed by atoms with E-state index in [-0.39, 0.29) is 0 Å². The molecule has 3 nitrogen and oxygen atoms in total. The average molecular weight is 703 g/mol. The first-order valence-corrected chi connectivity index (χ1v) is 18.8. The molecule has 258 valence electrons. The summed E-state index contributed by atoms with van der Waals surface area (Å²) in [5.74, 6) is 0. The second-order valence-electron chi connectivity index (χ2n) is 14.1. The average Bonchev–Trinajstić information content (AvgIpc) is 3.80. The molecule has 0 fully saturated rings. The SMILES string of the molecule is c1ccc(-n2c3ccccc3c3ccccc32)c(-c2ccc(-c3ccc(N(c4ccc5c(c4)oc4ccccc45)c4cccc5ccccc45)cc3)cc2)c1. The van der Waals surface area contributed by atoms with Crippen molar-refractivity contribution in [2.75, 3.05) is 4.90 Å². The Balaban J connectivity index is 0.975. The third-order valence-electron chi connectivity index (χ3n) is 11.0. The minimum Gasteiger partial charge on any atom is -0.456 e. The van der Waals surface area contributed by atoms with E-state index in [1.54, 1.807) is 0 Å². The molecule has 0 radical (unpaired) electrons. The Labute approximate surface area is 318 Å². The molecule has 0 unspecified atom stereocenters. The van der Waals surface area contributed by atoms with Gasteiger partial charge in [0, 0.05) is 49.9 Å². The number of aromatic nitrogens is 1. The molecule has 0 amide bonds. The summed E-state index contributed by atoms with van der Waals surface area (Å²) in [5.41, 5.74) is 13.3. The van der Waals surface area contributed by atoms with Gasteiger partial charge in [0.05, 0.1) is 22.4 Å². The lowest BCUT2D eigenvalue weighted by Gasteiger charge is -2.27. The molecule has 0 aliphatic carbocycles. The number of rotatable bonds is 6. The van der Waals surface area contributed by atoms with Gasteiger partial charge < -0.3 is 13.9 Å². The number of para-hydroxylation sites is 4. The number of hydrogen-bond donors (Lipinski definition) is 0. The lowest BCUT2D eigenvalue weighted by atomic mass is 9.98. The van der Waals surface area contributed by atoms with Gasteiger partial charge in [-0.15, -0.1) is 0 Å². The Morgan fingerprint density at radius 1 is 0.364 bits per heavy atom. The summed E-state index contributed by atoms with van der Waals surface area (Å²) in [7, 11) is 0. The summed E-state index contributed by atoms with van der Waals surface area (Å²) in [6, 6.07) is 73.9. The van der Waals surface area contributed by atoms with Crippen LogP contribution < -0.4 is 4.90 Å². The number of fused-ring (bicyclic) bond motifs is 7. The van der Waals surface area contributed by atoms with E-state index >= 15 is 0 Å². The second kappa shape index (κ2) is 12.6. The van der Waals surface area contributed by atoms with E-state index in [1.165, 1.54) is 55.0 Å². The summed E-state index contributed by atoms with van der Waals surface area (Å²) in [4.78, 5) is 2.34. The maximum Gasteiger partial charge on any atom is 0.137 e. The molecule has 0 bridgehead atoms. The summed E-state index contributed by atoms with van der Waals surface area (Å²) in [5, 5.41) is 7.17. The lowest BCUT2D eigenvalue weighted by Crippen LogP contribution is -2.10. The Morgan fingerprint density at radius 3 is 1.67 bits per heavy atom. The molecule has 3 heteroatoms. The van der Waals surface area contributed by atoms with Gasteiger partial charge in [-0.1, -0.05) is 146 Å². The molecule has 55 heavy (non-hydrogen) atoms. The smallest absolute Gasteiger partial charge is 0.137 e. The van der Waals surface area contributed by atoms with E-state index in [4.69, 9.17) is 4.42 Å². The first-order chi connectivity index (χ1) is 27.3. The molecule has 0 saturated heterocycles. The molecule has 0 N–H and O–H groups in total. The third kappa shape index (κ3) is 5.13. The van der Waals surface area contributed by atoms with Crippen LogP contribution in [0.2, 0.25) is 0 Å². The minimum atomic E-state index is 0.875. The summed E-state index contributed by atoms with van der Waals surface area (Å²) in [6.07, 6.45) is 0. The van der Waals surface area contributed by atoms with E-state index in [0.717, 1.165) is 44.6 Å². The molecule has 9 aromatic carbocycles. The highest BCUT2D eigenvalue weighted by molar-refractivity contribution is 6.10. The van der Waals surface area contributed by atoms with Crippen LogP contribution in [-0.2, 0) is 0 Å². The van der Waals surface area contributed by atoms with Gasteiger partial charge in [0.1, 0.15) is 11.2 Å². The van der Waals surface area contributed by atoms with Crippen LogP contribution in [0.1, 0.15) is 0 Å². The fourth-order valence-electron chi connectivity index (χ4n) is 8.42. The Bertz CT molecular complexity index is 3150. The molecular formula is C52H34N2O. The fourth-order valence-corrected chi connectivity index (χ4v) is 8.42. The molecule has 0 aliphatic heterocycles. The van der Waals surface area contributed by atoms with Crippen molar-refractivity contribution in [1.82, 2.24) is 4.57 Å². The van der Waals surface area contributed by atoms with Gasteiger partial charge >= 0.3 is 0 Å². The van der Waals surface area contributed by atoms with Crippen molar-refractivity contribution >= 4 is 71.6 Å². The zero-order valence-electron chi connectivity index (χ0n) is 29.9. The van der Waals surface area contributed by atoms with Gasteiger partial charge in [-0.3, -0.25) is 0 Å². The molecule has 2 heterocycles. The monoisotopic (exact) mass is 702 g/mol. The summed E-state index contributed by atoms with van der Waals surface area (Å²) >= 11 is 0. The molecule has 11 aromatic rings. The van der Waals surface area contributed by atoms with Crippen LogP contribution >= 0.6 is 0 Å². The van der Waals surface area contributed by atoms with Crippen molar-refractivity contribution in [1.29, 1.82) is 0 Å². The van der Waals surface area contributed by atoms with Crippen LogP contribution in [0.5, 0.6) is 0 Å². The number of hydrogen-bond acceptors (Lipinski definition) is 2. The summed E-state index contributed by atoms with van der Waals surface area (Å²) in [6.45, 7) is 0. The van der Waals surface area contributed by atoms with E-state index < -0.39 is 0 Å². The van der Waals surface area contributed by atoms with Gasteiger partial charge in [0.2, 0.25) is 0 Å². The highest BCUT2D eigenvalue weighted by Gasteiger charge is 2.19. The molecular weight excluding hydrogens is 669 g/mol. The third-order valence-corrected chi connectivity index (χ3v) is 11.0. The highest BCUT2D eigenvalue weighted by Crippen LogP contribution is 2.42. The lowest BCUT2D eigenvalue weighted by molar-refractivity contribution is 0.669. The van der Waals surface area contributed by atoms with Crippen LogP contribution in [-0.4, -0.2) is 4.57 Å². The van der Waals surface area contributed by atoms with Gasteiger partial charge in [-0.2, -0.15) is 0 Å². The minimum absolute atomic E-state index is 0.875. The van der Waals surface area contributed by atoms with Crippen LogP contribution in [0.15, 0.2) is 211 Å². The molecule has 0 atom stereocenters. The van der Waals surface area contributed by atoms with Crippen molar-refractivity contribution in [2.45, 2.75) is 0 Å². The first-order valence-electron chi connectivity index (χ1n) is 18.8. The summed E-state index contributed by atoms with van der Waals surface area (Å²) < 4.78 is 8.76. The maximum atomic E-state index is 6.36. The largest absolute Gasteiger partial charge is 0.456 e. The predicted octanol–water partition coefficient (Wildman–Crippen LogP) is 14.6. The number of furan rings is 1. The molecule has 0 aliphatic rings. The fraction of sp³-hybridized carbons (Fsp3) is 0. The van der Waals surface area contributed by atoms with Crippen molar-refractivity contribution in [3.8, 4) is 27.9 Å². The molecule has 11 rings (SSSR count). The van der Waals surface area contributed by atoms with Gasteiger partial charge in [0.15, 0.2) is 0 Å². The van der Waals surface area contributed by atoms with E-state index in [0.29, 0.717) is 0 Å². The van der Waals surface area contributed by atoms with Gasteiger partial charge in [-0.25, -0.2) is 0 Å². The van der Waals surface area contributed by atoms with E-state index in [1.807, 2.05) is 12.1 Å². The Morgan fingerprint density at radius 2 is 0.909 bits per heavy atom. The number of nitrogens with zero attached hydrogens (tertiary/aromatic N) is 2. The molecule has 0 spiro atoms. The molecule has 0 saturated carbocycles. The Hall–Kier alpha value is -7.36. The van der Waals surface area contributed by atoms with Gasteiger partial charge in [-0.05, 0) is 76.7 Å². The quantitative estimate of drug-likeness (QED) is 0.172. The van der Waals surface area contributed by atoms with Crippen LogP contribution in [0.4, 0.5) is 17.1 Å². The topological polar surface area (TPSA) is 21.3 Å². The first kappa shape index (κ1) is 31.2. The van der Waals surface area contributed by atoms with Crippen molar-refractivity contribution in [2.24, 2.45) is 0 Å². The maximum absolute atomic E-state index is 6.36. The number of anilines is 3. The highest BCUT2D eigenvalue weighted by atomic mass is 16.3. The second-order valence-corrected chi connectivity index (χ2v) is 14.1. The zero-order chi connectivity index (χ0) is 36.3. The van der Waals surface area contributed by atoms with Crippen LogP contribution in [0, 0.1) is 0 Å². The van der Waals surface area contributed by atoms with Crippen molar-refractivity contribution < 1.29 is 4.42 Å². The zero-order valence-corrected chi connectivity index (χ0v) is 29.9. The molecule has 2 aromatic heterocycles. The normalized spacial score (nSPS) is 11.6. The van der Waals surface area contributed by atoms with E-state index in [9.17, 15) is 0 Å². The standard InChI is InChI=1S/C52H34N2O/c1-2-14-41-37(12-1)13-11-22-47(41)53(40-32-33-46-45-18-6-10-23-51(45)55-52(46)34-40)39-30-28-36(29-31-39)35-24-26-38(27-25-35)42-15-3-7-19-48(42)54-49-20-8-4-16-43(49)44-17-5-9-21-50(44)54/h1-34H. The van der Waals surface area contributed by atoms with Gasteiger partial charge in [0.25, 0.3) is 0 Å².